The summed E-state index contributed by atoms with van der Waals surface area (Å²) in [5.41, 5.74) is 1.40. The van der Waals surface area contributed by atoms with Crippen LogP contribution in [0.4, 0.5) is 0 Å². The van der Waals surface area contributed by atoms with Crippen molar-refractivity contribution in [2.24, 2.45) is 0 Å². The molecule has 0 saturated carbocycles. The molecule has 0 radical (unpaired) electrons. The van der Waals surface area contributed by atoms with Gasteiger partial charge in [0.1, 0.15) is 0 Å². The van der Waals surface area contributed by atoms with E-state index in [-0.39, 0.29) is 23.8 Å². The van der Waals surface area contributed by atoms with Crippen LogP contribution >= 0.6 is 0 Å². The average molecular weight is 444 g/mol. The second-order valence-electron chi connectivity index (χ2n) is 6.54. The van der Waals surface area contributed by atoms with Gasteiger partial charge in [-0.15, -0.1) is 6.58 Å². The molecule has 0 spiro atoms. The number of nitrogens with one attached hydrogen (secondary N) is 1. The van der Waals surface area contributed by atoms with Crippen molar-refractivity contribution in [1.82, 2.24) is 9.62 Å². The molecule has 2 aromatic rings. The van der Waals surface area contributed by atoms with Crippen molar-refractivity contribution in [3.63, 3.8) is 0 Å². The zero-order valence-electron chi connectivity index (χ0n) is 17.5. The van der Waals surface area contributed by atoms with Gasteiger partial charge in [-0.05, 0) is 29.8 Å². The molecule has 2 aromatic carbocycles. The van der Waals surface area contributed by atoms with Crippen LogP contribution < -0.4 is 14.2 Å². The number of methoxy groups -OCH3 is 2. The summed E-state index contributed by atoms with van der Waals surface area (Å²) in [6.45, 7) is 4.26. The lowest BCUT2D eigenvalue weighted by Gasteiger charge is -2.21. The van der Waals surface area contributed by atoms with Crippen LogP contribution in [0.3, 0.4) is 0 Å². The Bertz CT molecular complexity index is 1060. The van der Waals surface area contributed by atoms with Crippen LogP contribution in [0, 0.1) is 11.3 Å². The van der Waals surface area contributed by atoms with E-state index < -0.39 is 10.0 Å². The second kappa shape index (κ2) is 11.2. The Morgan fingerprint density at radius 2 is 1.84 bits per heavy atom. The number of benzene rings is 2. The molecule has 0 aliphatic heterocycles. The molecule has 0 aromatic heterocycles. The van der Waals surface area contributed by atoms with Gasteiger partial charge in [0, 0.05) is 32.1 Å². The van der Waals surface area contributed by atoms with Crippen LogP contribution in [0.2, 0.25) is 0 Å². The number of ether oxygens (including phenoxy) is 2. The third kappa shape index (κ3) is 6.57. The number of nitrogens with zero attached hydrogens (tertiary/aromatic N) is 2. The Labute approximate surface area is 182 Å². The molecule has 0 unspecified atom stereocenters. The zero-order valence-corrected chi connectivity index (χ0v) is 18.3. The molecule has 0 bridgehead atoms. The maximum Gasteiger partial charge on any atom is 0.240 e. The smallest absolute Gasteiger partial charge is 0.240 e. The van der Waals surface area contributed by atoms with Crippen molar-refractivity contribution in [2.75, 3.05) is 27.3 Å². The van der Waals surface area contributed by atoms with Crippen LogP contribution in [0.15, 0.2) is 60.0 Å². The minimum Gasteiger partial charge on any atom is -0.493 e. The normalized spacial score (nSPS) is 10.7. The molecule has 2 rings (SSSR count). The first-order valence-electron chi connectivity index (χ1n) is 9.44. The first-order valence-corrected chi connectivity index (χ1v) is 10.9. The number of carbonyl (C=O) groups is 1. The third-order valence-corrected chi connectivity index (χ3v) is 5.91. The fourth-order valence-electron chi connectivity index (χ4n) is 2.83. The Morgan fingerprint density at radius 3 is 2.42 bits per heavy atom. The Balaban J connectivity index is 2.00. The van der Waals surface area contributed by atoms with Crippen molar-refractivity contribution < 1.29 is 22.7 Å². The van der Waals surface area contributed by atoms with Gasteiger partial charge in [-0.1, -0.05) is 18.2 Å². The van der Waals surface area contributed by atoms with E-state index in [1.54, 1.807) is 35.2 Å². The van der Waals surface area contributed by atoms with Gasteiger partial charge in [0.05, 0.1) is 30.7 Å². The molecule has 1 amide bonds. The summed E-state index contributed by atoms with van der Waals surface area (Å²) >= 11 is 0. The summed E-state index contributed by atoms with van der Waals surface area (Å²) in [4.78, 5) is 14.2. The van der Waals surface area contributed by atoms with E-state index in [1.165, 1.54) is 32.4 Å². The monoisotopic (exact) mass is 443 g/mol. The molecule has 0 aliphatic carbocycles. The summed E-state index contributed by atoms with van der Waals surface area (Å²) in [6, 6.07) is 13.2. The van der Waals surface area contributed by atoms with Crippen molar-refractivity contribution in [3.05, 3.63) is 66.2 Å². The molecule has 8 nitrogen and oxygen atoms in total. The van der Waals surface area contributed by atoms with Gasteiger partial charge in [-0.25, -0.2) is 13.1 Å². The summed E-state index contributed by atoms with van der Waals surface area (Å²) in [5, 5.41) is 8.89. The lowest BCUT2D eigenvalue weighted by atomic mass is 10.1. The van der Waals surface area contributed by atoms with Gasteiger partial charge >= 0.3 is 0 Å². The lowest BCUT2D eigenvalue weighted by Crippen LogP contribution is -2.34. The predicted octanol–water partition coefficient (Wildman–Crippen LogP) is 2.46. The summed E-state index contributed by atoms with van der Waals surface area (Å²) < 4.78 is 37.8. The van der Waals surface area contributed by atoms with Gasteiger partial charge in [0.25, 0.3) is 0 Å². The molecule has 0 atom stereocenters. The van der Waals surface area contributed by atoms with E-state index in [1.807, 2.05) is 6.07 Å². The number of rotatable bonds is 11. The second-order valence-corrected chi connectivity index (χ2v) is 8.30. The van der Waals surface area contributed by atoms with Crippen LogP contribution in [-0.2, 0) is 21.4 Å². The van der Waals surface area contributed by atoms with E-state index in [2.05, 4.69) is 11.3 Å². The van der Waals surface area contributed by atoms with E-state index >= 15 is 0 Å². The highest BCUT2D eigenvalue weighted by Crippen LogP contribution is 2.29. The largest absolute Gasteiger partial charge is 0.493 e. The molecule has 31 heavy (non-hydrogen) atoms. The highest BCUT2D eigenvalue weighted by molar-refractivity contribution is 7.89. The SMILES string of the molecule is C=CCN(Cc1ccc(C#N)cc1)C(=O)CCNS(=O)(=O)c1ccc(OC)c(OC)c1. The molecule has 0 fully saturated rings. The lowest BCUT2D eigenvalue weighted by molar-refractivity contribution is -0.131. The average Bonchev–Trinajstić information content (AvgIpc) is 2.78. The number of sulfonamides is 1. The first kappa shape index (κ1) is 23.9. The predicted molar refractivity (Wildman–Crippen MR) is 116 cm³/mol. The van der Waals surface area contributed by atoms with Gasteiger partial charge < -0.3 is 14.4 Å². The van der Waals surface area contributed by atoms with Crippen molar-refractivity contribution in [3.8, 4) is 17.6 Å². The molecular formula is C22H25N3O5S. The zero-order chi connectivity index (χ0) is 22.9. The molecule has 164 valence electrons. The minimum atomic E-state index is -3.83. The first-order chi connectivity index (χ1) is 14.8. The van der Waals surface area contributed by atoms with Crippen LogP contribution in [0.5, 0.6) is 11.5 Å². The number of hydrogen-bond donors (Lipinski definition) is 1. The number of nitriles is 1. The Kier molecular flexibility index (Phi) is 8.61. The summed E-state index contributed by atoms with van der Waals surface area (Å²) in [7, 11) is -0.945. The van der Waals surface area contributed by atoms with E-state index in [9.17, 15) is 13.2 Å². The minimum absolute atomic E-state index is 0.0122. The Hall–Kier alpha value is -3.35. The van der Waals surface area contributed by atoms with E-state index in [0.29, 0.717) is 30.2 Å². The highest BCUT2D eigenvalue weighted by Gasteiger charge is 2.19. The molecule has 0 saturated heterocycles. The van der Waals surface area contributed by atoms with Gasteiger partial charge in [0.15, 0.2) is 11.5 Å². The standard InChI is InChI=1S/C22H25N3O5S/c1-4-13-25(16-18-7-5-17(15-23)6-8-18)22(26)11-12-24-31(27,28)19-9-10-20(29-2)21(14-19)30-3/h4-10,14,24H,1,11-13,16H2,2-3H3. The fraction of sp³-hybridized carbons (Fsp3) is 0.273. The highest BCUT2D eigenvalue weighted by atomic mass is 32.2. The maximum atomic E-state index is 12.6. The molecular weight excluding hydrogens is 418 g/mol. The topological polar surface area (TPSA) is 109 Å². The number of carbonyl (C=O) groups excluding carboxylic acids is 1. The Morgan fingerprint density at radius 1 is 1.16 bits per heavy atom. The van der Waals surface area contributed by atoms with Crippen LogP contribution in [-0.4, -0.2) is 46.5 Å². The van der Waals surface area contributed by atoms with Crippen molar-refractivity contribution in [1.29, 1.82) is 5.26 Å². The maximum absolute atomic E-state index is 12.6. The molecule has 0 aliphatic rings. The summed E-state index contributed by atoms with van der Waals surface area (Å²) in [5.74, 6) is 0.486. The van der Waals surface area contributed by atoms with Crippen molar-refractivity contribution in [2.45, 2.75) is 17.9 Å². The van der Waals surface area contributed by atoms with Crippen LogP contribution in [0.1, 0.15) is 17.5 Å². The quantitative estimate of drug-likeness (QED) is 0.535. The molecule has 9 heteroatoms. The molecule has 1 N–H and O–H groups in total. The number of amides is 1. The fourth-order valence-corrected chi connectivity index (χ4v) is 3.88. The van der Waals surface area contributed by atoms with E-state index in [0.717, 1.165) is 5.56 Å². The molecule has 0 heterocycles. The summed E-state index contributed by atoms with van der Waals surface area (Å²) in [6.07, 6.45) is 1.59. The van der Waals surface area contributed by atoms with Gasteiger partial charge in [0.2, 0.25) is 15.9 Å². The van der Waals surface area contributed by atoms with Gasteiger partial charge in [-0.2, -0.15) is 5.26 Å². The number of hydrogen-bond acceptors (Lipinski definition) is 6. The van der Waals surface area contributed by atoms with Gasteiger partial charge in [-0.3, -0.25) is 4.79 Å². The van der Waals surface area contributed by atoms with Crippen LogP contribution in [0.25, 0.3) is 0 Å². The van der Waals surface area contributed by atoms with E-state index in [4.69, 9.17) is 14.7 Å². The van der Waals surface area contributed by atoms with Crippen molar-refractivity contribution >= 4 is 15.9 Å². The third-order valence-electron chi connectivity index (χ3n) is 4.45.